The molecule has 2 aliphatic rings. The standard InChI is InChI=1S/C28H33N3O3S.C27H34F3N3O2/c1-31(2)28(25-9-6-20-35-25)18-16-22(17-19-28)30-27(33)15-14-26(32)29-21-10-12-24(13-11-21)34-23-7-4-3-5-8-23;1-33(2)26(21-8-4-3-5-9-21)16-13-23(14-17-26)32-25(35)12-11-24(34)31-18-15-20-7-6-10-22(19-20)27(28,29)30/h3-13,20,22H,14-19H2,1-2H3,(H,29,32)(H,30,33);3-10,19,23H,11-18H2,1-2H3,(H,31,34)(H,32,35). The van der Waals surface area contributed by atoms with Gasteiger partial charge >= 0.3 is 6.18 Å². The molecule has 0 saturated heterocycles. The van der Waals surface area contributed by atoms with E-state index in [1.807, 2.05) is 48.5 Å². The second-order valence-corrected chi connectivity index (χ2v) is 19.6. The largest absolute Gasteiger partial charge is 0.457 e. The zero-order valence-corrected chi connectivity index (χ0v) is 41.5. The smallest absolute Gasteiger partial charge is 0.416 e. The van der Waals surface area contributed by atoms with Crippen LogP contribution in [0.15, 0.2) is 127 Å². The number of hydrogen-bond donors (Lipinski definition) is 4. The number of hydrogen-bond acceptors (Lipinski definition) is 8. The van der Waals surface area contributed by atoms with Crippen LogP contribution in [0.3, 0.4) is 0 Å². The minimum absolute atomic E-state index is 0.0397. The molecule has 1 aromatic heterocycles. The lowest BCUT2D eigenvalue weighted by Crippen LogP contribution is -2.48. The van der Waals surface area contributed by atoms with Crippen LogP contribution in [0.1, 0.15) is 98.6 Å². The molecule has 0 radical (unpaired) electrons. The number of nitrogens with zero attached hydrogens (tertiary/aromatic N) is 2. The number of carbonyl (C=O) groups excluding carboxylic acids is 4. The quantitative estimate of drug-likeness (QED) is 0.0688. The molecular weight excluding hydrogens is 914 g/mol. The van der Waals surface area contributed by atoms with Gasteiger partial charge in [-0.3, -0.25) is 29.0 Å². The van der Waals surface area contributed by atoms with Crippen molar-refractivity contribution < 1.29 is 37.1 Å². The third-order valence-corrected chi connectivity index (χ3v) is 14.7. The van der Waals surface area contributed by atoms with E-state index >= 15 is 0 Å². The molecule has 0 aliphatic heterocycles. The van der Waals surface area contributed by atoms with Crippen molar-refractivity contribution in [2.45, 2.75) is 113 Å². The van der Waals surface area contributed by atoms with Gasteiger partial charge in [0.15, 0.2) is 0 Å². The molecule has 4 aromatic carbocycles. The van der Waals surface area contributed by atoms with Gasteiger partial charge in [-0.2, -0.15) is 13.2 Å². The number of halogens is 3. The van der Waals surface area contributed by atoms with Crippen LogP contribution < -0.4 is 26.0 Å². The van der Waals surface area contributed by atoms with Gasteiger partial charge in [0.05, 0.1) is 11.1 Å². The molecular formula is C55H67F3N6O5S. The first kappa shape index (κ1) is 53.3. The lowest BCUT2D eigenvalue weighted by Gasteiger charge is -2.45. The van der Waals surface area contributed by atoms with E-state index in [-0.39, 0.29) is 79.0 Å². The van der Waals surface area contributed by atoms with Crippen molar-refractivity contribution in [1.29, 1.82) is 0 Å². The van der Waals surface area contributed by atoms with Crippen LogP contribution in [0, 0.1) is 0 Å². The van der Waals surface area contributed by atoms with Crippen molar-refractivity contribution in [2.75, 3.05) is 40.1 Å². The molecule has 1 heterocycles. The van der Waals surface area contributed by atoms with E-state index in [2.05, 4.69) is 101 Å². The molecule has 70 heavy (non-hydrogen) atoms. The fourth-order valence-corrected chi connectivity index (χ4v) is 10.6. The minimum atomic E-state index is -4.39. The van der Waals surface area contributed by atoms with Crippen LogP contribution in [0.5, 0.6) is 11.5 Å². The lowest BCUT2D eigenvalue weighted by atomic mass is 9.74. The molecule has 0 unspecified atom stereocenters. The van der Waals surface area contributed by atoms with Crippen molar-refractivity contribution in [1.82, 2.24) is 25.8 Å². The summed E-state index contributed by atoms with van der Waals surface area (Å²) in [6.07, 6.45) is 3.86. The summed E-state index contributed by atoms with van der Waals surface area (Å²) in [5.74, 6) is 0.771. The first-order valence-corrected chi connectivity index (χ1v) is 25.0. The Hall–Kier alpha value is -6.03. The zero-order valence-electron chi connectivity index (χ0n) is 40.7. The first-order chi connectivity index (χ1) is 33.5. The van der Waals surface area contributed by atoms with E-state index in [9.17, 15) is 32.3 Å². The third kappa shape index (κ3) is 15.2. The highest BCUT2D eigenvalue weighted by atomic mass is 32.1. The molecule has 2 saturated carbocycles. The molecule has 0 atom stereocenters. The fraction of sp³-hybridized carbons (Fsp3) is 0.418. The summed E-state index contributed by atoms with van der Waals surface area (Å²) in [5, 5.41) is 13.9. The van der Waals surface area contributed by atoms with Gasteiger partial charge in [0.1, 0.15) is 11.5 Å². The van der Waals surface area contributed by atoms with E-state index in [1.165, 1.54) is 16.5 Å². The van der Waals surface area contributed by atoms with E-state index in [4.69, 9.17) is 4.74 Å². The van der Waals surface area contributed by atoms with E-state index in [0.29, 0.717) is 23.4 Å². The van der Waals surface area contributed by atoms with Gasteiger partial charge in [0.25, 0.3) is 0 Å². The normalized spacial score (nSPS) is 20.1. The van der Waals surface area contributed by atoms with Crippen molar-refractivity contribution in [3.8, 4) is 11.5 Å². The molecule has 374 valence electrons. The topological polar surface area (TPSA) is 132 Å². The number of alkyl halides is 3. The zero-order chi connectivity index (χ0) is 50.2. The summed E-state index contributed by atoms with van der Waals surface area (Å²) in [7, 11) is 8.47. The fourth-order valence-electron chi connectivity index (χ4n) is 9.53. The Labute approximate surface area is 414 Å². The molecule has 4 amide bonds. The van der Waals surface area contributed by atoms with Gasteiger partial charge in [0.2, 0.25) is 23.6 Å². The summed E-state index contributed by atoms with van der Waals surface area (Å²) in [4.78, 5) is 55.3. The minimum Gasteiger partial charge on any atom is -0.457 e. The lowest BCUT2D eigenvalue weighted by molar-refractivity contribution is -0.137. The number of amides is 4. The van der Waals surface area contributed by atoms with Gasteiger partial charge in [-0.05, 0) is 151 Å². The number of nitrogens with one attached hydrogen (secondary N) is 4. The van der Waals surface area contributed by atoms with E-state index in [1.54, 1.807) is 29.5 Å². The van der Waals surface area contributed by atoms with E-state index < -0.39 is 11.7 Å². The van der Waals surface area contributed by atoms with Crippen LogP contribution in [0.4, 0.5) is 18.9 Å². The van der Waals surface area contributed by atoms with E-state index in [0.717, 1.165) is 69.2 Å². The SMILES string of the molecule is CN(C)C1(c2ccccc2)CCC(NC(=O)CCC(=O)NCCc2cccc(C(F)(F)F)c2)CC1.CN(C)C1(c2cccs2)CCC(NC(=O)CCC(=O)Nc2ccc(Oc3ccccc3)cc2)CC1. The maximum Gasteiger partial charge on any atom is 0.416 e. The second-order valence-electron chi connectivity index (χ2n) is 18.7. The molecule has 11 nitrogen and oxygen atoms in total. The van der Waals surface area contributed by atoms with Gasteiger partial charge in [-0.25, -0.2) is 0 Å². The number of rotatable bonds is 18. The summed E-state index contributed by atoms with van der Waals surface area (Å²) in [6.45, 7) is 0.219. The summed E-state index contributed by atoms with van der Waals surface area (Å²) in [6, 6.07) is 36.8. The molecule has 7 rings (SSSR count). The van der Waals surface area contributed by atoms with Crippen molar-refractivity contribution in [3.05, 3.63) is 148 Å². The second kappa shape index (κ2) is 25.2. The van der Waals surface area contributed by atoms with Crippen LogP contribution in [0.2, 0.25) is 0 Å². The summed E-state index contributed by atoms with van der Waals surface area (Å²) >= 11 is 1.80. The van der Waals surface area contributed by atoms with Gasteiger partial charge in [-0.1, -0.05) is 72.8 Å². The Morgan fingerprint density at radius 2 is 1.14 bits per heavy atom. The molecule has 5 aromatic rings. The highest BCUT2D eigenvalue weighted by Gasteiger charge is 2.41. The Morgan fingerprint density at radius 3 is 1.69 bits per heavy atom. The Balaban J connectivity index is 0.000000230. The van der Waals surface area contributed by atoms with Crippen molar-refractivity contribution >= 4 is 40.7 Å². The highest BCUT2D eigenvalue weighted by Crippen LogP contribution is 2.43. The van der Waals surface area contributed by atoms with Crippen LogP contribution >= 0.6 is 11.3 Å². The van der Waals surface area contributed by atoms with Crippen molar-refractivity contribution in [3.63, 3.8) is 0 Å². The Morgan fingerprint density at radius 1 is 0.614 bits per heavy atom. The first-order valence-electron chi connectivity index (χ1n) is 24.1. The van der Waals surface area contributed by atoms with Crippen LogP contribution in [-0.2, 0) is 42.9 Å². The number of ether oxygens (including phenoxy) is 1. The van der Waals surface area contributed by atoms with Crippen molar-refractivity contribution in [2.24, 2.45) is 0 Å². The molecule has 4 N–H and O–H groups in total. The van der Waals surface area contributed by atoms with Crippen LogP contribution in [-0.4, -0.2) is 80.2 Å². The molecule has 0 spiro atoms. The predicted octanol–water partition coefficient (Wildman–Crippen LogP) is 10.4. The summed E-state index contributed by atoms with van der Waals surface area (Å²) in [5.41, 5.74) is 1.78. The highest BCUT2D eigenvalue weighted by molar-refractivity contribution is 7.10. The molecule has 0 bridgehead atoms. The maximum atomic E-state index is 12.8. The number of carbonyl (C=O) groups is 4. The molecule has 2 fully saturated rings. The number of para-hydroxylation sites is 1. The predicted molar refractivity (Wildman–Crippen MR) is 271 cm³/mol. The third-order valence-electron chi connectivity index (χ3n) is 13.6. The number of benzene rings is 4. The monoisotopic (exact) mass is 980 g/mol. The number of anilines is 1. The maximum absolute atomic E-state index is 12.8. The average Bonchev–Trinajstić information content (AvgIpc) is 3.91. The van der Waals surface area contributed by atoms with Crippen LogP contribution in [0.25, 0.3) is 0 Å². The molecule has 15 heteroatoms. The van der Waals surface area contributed by atoms with Gasteiger partial charge in [-0.15, -0.1) is 11.3 Å². The Bertz CT molecular complexity index is 2420. The molecule has 2 aliphatic carbocycles. The summed E-state index contributed by atoms with van der Waals surface area (Å²) < 4.78 is 44.2. The van der Waals surface area contributed by atoms with Gasteiger partial charge < -0.3 is 26.0 Å². The van der Waals surface area contributed by atoms with Gasteiger partial charge in [0, 0.05) is 60.4 Å². The Kier molecular flexibility index (Phi) is 19.2. The number of thiophene rings is 1. The average molecular weight is 981 g/mol.